The first-order valence-electron chi connectivity index (χ1n) is 6.91. The van der Waals surface area contributed by atoms with E-state index in [1.54, 1.807) is 24.1 Å². The van der Waals surface area contributed by atoms with Crippen molar-refractivity contribution in [3.05, 3.63) is 18.7 Å². The van der Waals surface area contributed by atoms with E-state index in [4.69, 9.17) is 0 Å². The van der Waals surface area contributed by atoms with Crippen molar-refractivity contribution in [1.29, 1.82) is 0 Å². The first-order chi connectivity index (χ1) is 9.74. The lowest BCUT2D eigenvalue weighted by Crippen LogP contribution is -2.17. The van der Waals surface area contributed by atoms with Crippen molar-refractivity contribution in [3.8, 4) is 5.95 Å². The standard InChI is InChI=1S/C13H19N7/c1-3-13(4-5-13)8-16-11-17-10(14-2)18-12(19-11)20-7-6-15-9-20/h6-7,9H,3-5,8H2,1-2H3,(H2,14,16,17,18,19). The molecule has 0 saturated heterocycles. The summed E-state index contributed by atoms with van der Waals surface area (Å²) in [5.41, 5.74) is 0.446. The number of hydrogen-bond donors (Lipinski definition) is 2. The van der Waals surface area contributed by atoms with Crippen molar-refractivity contribution in [3.63, 3.8) is 0 Å². The number of hydrogen-bond acceptors (Lipinski definition) is 6. The van der Waals surface area contributed by atoms with Crippen LogP contribution in [0.2, 0.25) is 0 Å². The SMILES string of the molecule is CCC1(CNc2nc(NC)nc(-n3ccnc3)n2)CC1. The normalized spacial score (nSPS) is 15.9. The van der Waals surface area contributed by atoms with Gasteiger partial charge in [0.05, 0.1) is 0 Å². The van der Waals surface area contributed by atoms with Crippen LogP contribution in [0.5, 0.6) is 0 Å². The van der Waals surface area contributed by atoms with Crippen LogP contribution in [0.1, 0.15) is 26.2 Å². The van der Waals surface area contributed by atoms with Gasteiger partial charge in [0, 0.05) is 26.0 Å². The van der Waals surface area contributed by atoms with Crippen LogP contribution in [0.15, 0.2) is 18.7 Å². The molecule has 2 heterocycles. The molecule has 0 aliphatic heterocycles. The van der Waals surface area contributed by atoms with Gasteiger partial charge in [0.25, 0.3) is 0 Å². The summed E-state index contributed by atoms with van der Waals surface area (Å²) >= 11 is 0. The molecule has 0 spiro atoms. The zero-order chi connectivity index (χ0) is 14.0. The molecule has 0 aromatic carbocycles. The van der Waals surface area contributed by atoms with Gasteiger partial charge in [-0.1, -0.05) is 6.92 Å². The zero-order valence-electron chi connectivity index (χ0n) is 11.8. The highest BCUT2D eigenvalue weighted by Crippen LogP contribution is 2.48. The summed E-state index contributed by atoms with van der Waals surface area (Å²) in [4.78, 5) is 17.1. The van der Waals surface area contributed by atoms with Crippen LogP contribution in [-0.2, 0) is 0 Å². The summed E-state index contributed by atoms with van der Waals surface area (Å²) in [5.74, 6) is 1.71. The lowest BCUT2D eigenvalue weighted by Gasteiger charge is -2.14. The van der Waals surface area contributed by atoms with E-state index in [0.29, 0.717) is 23.3 Å². The molecule has 0 bridgehead atoms. The van der Waals surface area contributed by atoms with E-state index < -0.39 is 0 Å². The van der Waals surface area contributed by atoms with E-state index in [0.717, 1.165) is 6.54 Å². The van der Waals surface area contributed by atoms with Gasteiger partial charge < -0.3 is 10.6 Å². The van der Waals surface area contributed by atoms with Gasteiger partial charge in [-0.05, 0) is 24.7 Å². The molecule has 0 atom stereocenters. The van der Waals surface area contributed by atoms with E-state index in [1.165, 1.54) is 19.3 Å². The summed E-state index contributed by atoms with van der Waals surface area (Å²) in [5, 5.41) is 6.30. The zero-order valence-corrected chi connectivity index (χ0v) is 11.8. The molecule has 106 valence electrons. The van der Waals surface area contributed by atoms with E-state index in [2.05, 4.69) is 37.5 Å². The minimum Gasteiger partial charge on any atom is -0.357 e. The smallest absolute Gasteiger partial charge is 0.241 e. The molecule has 20 heavy (non-hydrogen) atoms. The molecule has 0 unspecified atom stereocenters. The maximum Gasteiger partial charge on any atom is 0.241 e. The van der Waals surface area contributed by atoms with Crippen molar-refractivity contribution in [2.24, 2.45) is 5.41 Å². The van der Waals surface area contributed by atoms with Gasteiger partial charge in [0.1, 0.15) is 6.33 Å². The highest BCUT2D eigenvalue weighted by molar-refractivity contribution is 5.38. The van der Waals surface area contributed by atoms with Crippen LogP contribution >= 0.6 is 0 Å². The highest BCUT2D eigenvalue weighted by Gasteiger charge is 2.40. The summed E-state index contributed by atoms with van der Waals surface area (Å²) in [6.07, 6.45) is 8.95. The highest BCUT2D eigenvalue weighted by atomic mass is 15.3. The molecular weight excluding hydrogens is 254 g/mol. The molecule has 1 aliphatic carbocycles. The number of aromatic nitrogens is 5. The van der Waals surface area contributed by atoms with E-state index >= 15 is 0 Å². The summed E-state index contributed by atoms with van der Waals surface area (Å²) in [7, 11) is 1.80. The minimum atomic E-state index is 0.446. The van der Waals surface area contributed by atoms with Gasteiger partial charge in [-0.2, -0.15) is 15.0 Å². The Hall–Kier alpha value is -2.18. The Morgan fingerprint density at radius 2 is 2.05 bits per heavy atom. The fourth-order valence-electron chi connectivity index (χ4n) is 2.15. The van der Waals surface area contributed by atoms with E-state index in [9.17, 15) is 0 Å². The van der Waals surface area contributed by atoms with Crippen LogP contribution in [0, 0.1) is 5.41 Å². The maximum absolute atomic E-state index is 4.44. The molecule has 0 radical (unpaired) electrons. The topological polar surface area (TPSA) is 80.5 Å². The molecule has 0 amide bonds. The molecule has 1 aliphatic rings. The number of nitrogens with zero attached hydrogens (tertiary/aromatic N) is 5. The van der Waals surface area contributed by atoms with Gasteiger partial charge in [-0.3, -0.25) is 4.57 Å². The van der Waals surface area contributed by atoms with E-state index in [1.807, 2.05) is 6.20 Å². The van der Waals surface area contributed by atoms with Crippen LogP contribution in [0.3, 0.4) is 0 Å². The monoisotopic (exact) mass is 273 g/mol. The second kappa shape index (κ2) is 5.07. The molecule has 1 fully saturated rings. The Balaban J connectivity index is 1.81. The predicted molar refractivity (Wildman–Crippen MR) is 76.9 cm³/mol. The molecule has 7 heteroatoms. The first-order valence-corrected chi connectivity index (χ1v) is 6.91. The van der Waals surface area contributed by atoms with Gasteiger partial charge in [-0.25, -0.2) is 4.98 Å². The molecule has 1 saturated carbocycles. The average Bonchev–Trinajstić information content (AvgIpc) is 3.06. The third-order valence-electron chi connectivity index (χ3n) is 3.91. The molecule has 2 N–H and O–H groups in total. The Kier molecular flexibility index (Phi) is 3.25. The second-order valence-corrected chi connectivity index (χ2v) is 5.21. The first kappa shape index (κ1) is 12.8. The van der Waals surface area contributed by atoms with Gasteiger partial charge in [0.2, 0.25) is 17.8 Å². The van der Waals surface area contributed by atoms with Crippen molar-refractivity contribution in [1.82, 2.24) is 24.5 Å². The largest absolute Gasteiger partial charge is 0.357 e. The fourth-order valence-corrected chi connectivity index (χ4v) is 2.15. The number of nitrogens with one attached hydrogen (secondary N) is 2. The van der Waals surface area contributed by atoms with Gasteiger partial charge in [-0.15, -0.1) is 0 Å². The number of imidazole rings is 1. The Bertz CT molecular complexity index is 574. The van der Waals surface area contributed by atoms with Crippen LogP contribution in [-0.4, -0.2) is 38.1 Å². The third kappa shape index (κ3) is 2.56. The second-order valence-electron chi connectivity index (χ2n) is 5.21. The Labute approximate surface area is 117 Å². The van der Waals surface area contributed by atoms with Gasteiger partial charge in [0.15, 0.2) is 0 Å². The summed E-state index contributed by atoms with van der Waals surface area (Å²) in [6, 6.07) is 0. The average molecular weight is 273 g/mol. The summed E-state index contributed by atoms with van der Waals surface area (Å²) < 4.78 is 1.76. The molecule has 3 rings (SSSR count). The number of rotatable bonds is 6. The van der Waals surface area contributed by atoms with Crippen LogP contribution < -0.4 is 10.6 Å². The van der Waals surface area contributed by atoms with E-state index in [-0.39, 0.29) is 0 Å². The Morgan fingerprint density at radius 1 is 1.25 bits per heavy atom. The van der Waals surface area contributed by atoms with Crippen LogP contribution in [0.4, 0.5) is 11.9 Å². The van der Waals surface area contributed by atoms with Gasteiger partial charge >= 0.3 is 0 Å². The third-order valence-corrected chi connectivity index (χ3v) is 3.91. The quantitative estimate of drug-likeness (QED) is 0.834. The van der Waals surface area contributed by atoms with Crippen molar-refractivity contribution >= 4 is 11.9 Å². The van der Waals surface area contributed by atoms with Crippen molar-refractivity contribution in [2.45, 2.75) is 26.2 Å². The van der Waals surface area contributed by atoms with Crippen molar-refractivity contribution in [2.75, 3.05) is 24.2 Å². The molecule has 2 aromatic heterocycles. The van der Waals surface area contributed by atoms with Crippen LogP contribution in [0.25, 0.3) is 5.95 Å². The van der Waals surface area contributed by atoms with Crippen molar-refractivity contribution < 1.29 is 0 Å². The predicted octanol–water partition coefficient (Wildman–Crippen LogP) is 1.70. The Morgan fingerprint density at radius 3 is 2.65 bits per heavy atom. The maximum atomic E-state index is 4.44. The molecule has 2 aromatic rings. The lowest BCUT2D eigenvalue weighted by molar-refractivity contribution is 0.519. The lowest BCUT2D eigenvalue weighted by atomic mass is 10.0. The number of anilines is 2. The minimum absolute atomic E-state index is 0.446. The molecular formula is C13H19N7. The molecule has 7 nitrogen and oxygen atoms in total. The summed E-state index contributed by atoms with van der Waals surface area (Å²) in [6.45, 7) is 3.15. The fraction of sp³-hybridized carbons (Fsp3) is 0.538.